The van der Waals surface area contributed by atoms with Crippen LogP contribution >= 0.6 is 0 Å². The first-order valence-electron chi connectivity index (χ1n) is 9.61. The van der Waals surface area contributed by atoms with Gasteiger partial charge in [-0.2, -0.15) is 0 Å². The number of hydrogen-bond acceptors (Lipinski definition) is 4. The predicted molar refractivity (Wildman–Crippen MR) is 120 cm³/mol. The van der Waals surface area contributed by atoms with Crippen LogP contribution in [0.5, 0.6) is 0 Å². The van der Waals surface area contributed by atoms with Crippen molar-refractivity contribution < 1.29 is 13.2 Å². The van der Waals surface area contributed by atoms with Crippen LogP contribution in [0.25, 0.3) is 0 Å². The van der Waals surface area contributed by atoms with Gasteiger partial charge in [0, 0.05) is 17.5 Å². The van der Waals surface area contributed by atoms with Crippen molar-refractivity contribution in [2.75, 3.05) is 9.62 Å². The van der Waals surface area contributed by atoms with E-state index < -0.39 is 15.8 Å². The lowest BCUT2D eigenvalue weighted by atomic mass is 10.1. The van der Waals surface area contributed by atoms with E-state index in [0.29, 0.717) is 11.3 Å². The molecule has 6 heteroatoms. The van der Waals surface area contributed by atoms with Gasteiger partial charge in [0.25, 0.3) is 10.0 Å². The molecule has 0 unspecified atom stereocenters. The fourth-order valence-electron chi connectivity index (χ4n) is 3.65. The Morgan fingerprint density at radius 1 is 0.900 bits per heavy atom. The Balaban J connectivity index is 1.78. The number of allylic oxidation sites excluding steroid dienone is 1. The molecule has 0 atom stereocenters. The van der Waals surface area contributed by atoms with Crippen molar-refractivity contribution in [3.05, 3.63) is 106 Å². The Hall–Kier alpha value is -3.38. The van der Waals surface area contributed by atoms with Crippen LogP contribution in [0.2, 0.25) is 0 Å². The van der Waals surface area contributed by atoms with Crippen LogP contribution in [0.15, 0.2) is 83.9 Å². The largest absolute Gasteiger partial charge is 0.360 e. The summed E-state index contributed by atoms with van der Waals surface area (Å²) < 4.78 is 28.2. The summed E-state index contributed by atoms with van der Waals surface area (Å²) in [6.07, 6.45) is 1.31. The van der Waals surface area contributed by atoms with E-state index >= 15 is 0 Å². The Bertz CT molecular complexity index is 1230. The van der Waals surface area contributed by atoms with Crippen LogP contribution in [0, 0.1) is 13.8 Å². The number of nitrogens with one attached hydrogen (secondary N) is 1. The third kappa shape index (κ3) is 3.74. The van der Waals surface area contributed by atoms with Gasteiger partial charge in [-0.05, 0) is 54.8 Å². The highest BCUT2D eigenvalue weighted by Crippen LogP contribution is 2.36. The molecule has 5 nitrogen and oxygen atoms in total. The smallest absolute Gasteiger partial charge is 0.270 e. The molecule has 0 bridgehead atoms. The van der Waals surface area contributed by atoms with E-state index in [9.17, 15) is 13.2 Å². The minimum absolute atomic E-state index is 0.147. The number of rotatable bonds is 4. The van der Waals surface area contributed by atoms with Crippen molar-refractivity contribution in [1.82, 2.24) is 0 Å². The van der Waals surface area contributed by atoms with Crippen molar-refractivity contribution in [3.8, 4) is 0 Å². The van der Waals surface area contributed by atoms with E-state index in [4.69, 9.17) is 0 Å². The topological polar surface area (TPSA) is 66.5 Å². The SMILES string of the molecule is Cc1cc(C)cc(NC=C2C(=O)c3ccccc3N(Cc3ccccc3)S2(=O)=O)c1. The number of ketones is 1. The molecule has 0 saturated carbocycles. The molecule has 1 heterocycles. The molecular formula is C24H22N2O3S. The normalized spacial score (nSPS) is 16.4. The maximum absolute atomic E-state index is 13.4. The molecule has 4 rings (SSSR count). The minimum Gasteiger partial charge on any atom is -0.360 e. The van der Waals surface area contributed by atoms with E-state index in [2.05, 4.69) is 5.32 Å². The highest BCUT2D eigenvalue weighted by Gasteiger charge is 2.39. The van der Waals surface area contributed by atoms with E-state index in [-0.39, 0.29) is 11.4 Å². The van der Waals surface area contributed by atoms with Crippen molar-refractivity contribution in [1.29, 1.82) is 0 Å². The third-order valence-corrected chi connectivity index (χ3v) is 6.73. The summed E-state index contributed by atoms with van der Waals surface area (Å²) in [5.74, 6) is -0.508. The Morgan fingerprint density at radius 2 is 1.53 bits per heavy atom. The zero-order valence-electron chi connectivity index (χ0n) is 16.8. The number of Topliss-reactive ketones (excluding diaryl/α,β-unsaturated/α-hetero) is 1. The predicted octanol–water partition coefficient (Wildman–Crippen LogP) is 4.79. The first-order valence-corrected chi connectivity index (χ1v) is 11.1. The summed E-state index contributed by atoms with van der Waals surface area (Å²) in [7, 11) is -4.03. The molecule has 0 saturated heterocycles. The molecule has 1 aliphatic rings. The monoisotopic (exact) mass is 418 g/mol. The molecule has 1 N–H and O–H groups in total. The summed E-state index contributed by atoms with van der Waals surface area (Å²) >= 11 is 0. The second-order valence-electron chi connectivity index (χ2n) is 7.37. The Morgan fingerprint density at radius 3 is 2.23 bits per heavy atom. The summed E-state index contributed by atoms with van der Waals surface area (Å²) in [6.45, 7) is 4.08. The van der Waals surface area contributed by atoms with Gasteiger partial charge >= 0.3 is 0 Å². The number of para-hydroxylation sites is 1. The number of aryl methyl sites for hydroxylation is 2. The van der Waals surface area contributed by atoms with Crippen LogP contribution < -0.4 is 9.62 Å². The average molecular weight is 419 g/mol. The number of fused-ring (bicyclic) bond motifs is 1. The standard InChI is InChI=1S/C24H22N2O3S/c1-17-12-18(2)14-20(13-17)25-15-23-24(27)21-10-6-7-11-22(21)26(30(23,28)29)16-19-8-4-3-5-9-19/h3-15,25H,16H2,1-2H3. The second-order valence-corrected chi connectivity index (χ2v) is 9.20. The van der Waals surface area contributed by atoms with Gasteiger partial charge in [0.1, 0.15) is 0 Å². The van der Waals surface area contributed by atoms with Gasteiger partial charge in [-0.25, -0.2) is 8.42 Å². The lowest BCUT2D eigenvalue weighted by Crippen LogP contribution is -2.39. The number of sulfonamides is 1. The Kier molecular flexibility index (Phi) is 5.18. The molecular weight excluding hydrogens is 396 g/mol. The Labute approximate surface area is 176 Å². The van der Waals surface area contributed by atoms with Crippen molar-refractivity contribution in [2.24, 2.45) is 0 Å². The quantitative estimate of drug-likeness (QED) is 0.619. The van der Waals surface area contributed by atoms with Crippen LogP contribution in [-0.4, -0.2) is 14.2 Å². The van der Waals surface area contributed by atoms with Gasteiger partial charge in [-0.3, -0.25) is 9.10 Å². The average Bonchev–Trinajstić information content (AvgIpc) is 2.71. The van der Waals surface area contributed by atoms with Crippen LogP contribution in [-0.2, 0) is 16.6 Å². The van der Waals surface area contributed by atoms with Gasteiger partial charge < -0.3 is 5.32 Å². The van der Waals surface area contributed by atoms with Crippen LogP contribution in [0.3, 0.4) is 0 Å². The second kappa shape index (κ2) is 7.80. The fourth-order valence-corrected chi connectivity index (χ4v) is 5.17. The molecule has 1 aliphatic heterocycles. The highest BCUT2D eigenvalue weighted by atomic mass is 32.2. The number of hydrogen-bond donors (Lipinski definition) is 1. The van der Waals surface area contributed by atoms with E-state index in [1.807, 2.05) is 62.4 Å². The molecule has 0 radical (unpaired) electrons. The van der Waals surface area contributed by atoms with Gasteiger partial charge in [0.15, 0.2) is 4.91 Å². The van der Waals surface area contributed by atoms with E-state index in [1.54, 1.807) is 24.3 Å². The third-order valence-electron chi connectivity index (χ3n) is 4.97. The molecule has 0 amide bonds. The van der Waals surface area contributed by atoms with Gasteiger partial charge in [0.2, 0.25) is 5.78 Å². The molecule has 0 fully saturated rings. The molecule has 0 spiro atoms. The summed E-state index contributed by atoms with van der Waals surface area (Å²) in [5, 5.41) is 3.01. The highest BCUT2D eigenvalue weighted by molar-refractivity contribution is 7.97. The maximum Gasteiger partial charge on any atom is 0.270 e. The lowest BCUT2D eigenvalue weighted by molar-refractivity contribution is 0.104. The first-order chi connectivity index (χ1) is 14.4. The number of nitrogens with zero attached hydrogens (tertiary/aromatic N) is 1. The van der Waals surface area contributed by atoms with Crippen LogP contribution in [0.1, 0.15) is 27.0 Å². The molecule has 3 aromatic carbocycles. The fraction of sp³-hybridized carbons (Fsp3) is 0.125. The summed E-state index contributed by atoms with van der Waals surface area (Å²) in [4.78, 5) is 12.8. The molecule has 0 aromatic heterocycles. The number of carbonyl (C=O) groups excluding carboxylic acids is 1. The zero-order valence-corrected chi connectivity index (χ0v) is 17.6. The van der Waals surface area contributed by atoms with Gasteiger partial charge in [0.05, 0.1) is 12.2 Å². The lowest BCUT2D eigenvalue weighted by Gasteiger charge is -2.31. The maximum atomic E-state index is 13.4. The zero-order chi connectivity index (χ0) is 21.3. The van der Waals surface area contributed by atoms with Crippen molar-refractivity contribution in [3.63, 3.8) is 0 Å². The minimum atomic E-state index is -4.03. The summed E-state index contributed by atoms with van der Waals surface area (Å²) in [6, 6.07) is 22.0. The molecule has 30 heavy (non-hydrogen) atoms. The molecule has 0 aliphatic carbocycles. The van der Waals surface area contributed by atoms with Gasteiger partial charge in [-0.15, -0.1) is 0 Å². The molecule has 3 aromatic rings. The van der Waals surface area contributed by atoms with Crippen molar-refractivity contribution >= 4 is 27.2 Å². The van der Waals surface area contributed by atoms with E-state index in [1.165, 1.54) is 10.5 Å². The number of carbonyl (C=O) groups is 1. The van der Waals surface area contributed by atoms with Crippen molar-refractivity contribution in [2.45, 2.75) is 20.4 Å². The number of benzene rings is 3. The first kappa shape index (κ1) is 19.9. The summed E-state index contributed by atoms with van der Waals surface area (Å²) in [5.41, 5.74) is 4.43. The van der Waals surface area contributed by atoms with Crippen LogP contribution in [0.4, 0.5) is 11.4 Å². The molecule has 152 valence electrons. The van der Waals surface area contributed by atoms with E-state index in [0.717, 1.165) is 22.4 Å². The number of anilines is 2. The van der Waals surface area contributed by atoms with Gasteiger partial charge in [-0.1, -0.05) is 48.5 Å².